The second kappa shape index (κ2) is 16.7. The lowest BCUT2D eigenvalue weighted by Gasteiger charge is -2.18. The zero-order valence-corrected chi connectivity index (χ0v) is 37.8. The first kappa shape index (κ1) is 39.9. The molecular weight excluding hydrogens is 797 g/mol. The molecule has 0 saturated heterocycles. The van der Waals surface area contributed by atoms with Gasteiger partial charge in [0.15, 0.2) is 0 Å². The van der Waals surface area contributed by atoms with Crippen LogP contribution in [0.5, 0.6) is 0 Å². The van der Waals surface area contributed by atoms with Crippen LogP contribution in [0.15, 0.2) is 206 Å². The third-order valence-corrected chi connectivity index (χ3v) is 14.1. The van der Waals surface area contributed by atoms with Crippen LogP contribution in [0.3, 0.4) is 0 Å². The summed E-state index contributed by atoms with van der Waals surface area (Å²) >= 11 is 0. The second-order valence-corrected chi connectivity index (χ2v) is 18.1. The lowest BCUT2D eigenvalue weighted by Crippen LogP contribution is -1.95. The van der Waals surface area contributed by atoms with E-state index in [2.05, 4.69) is 229 Å². The fraction of sp³-hybridized carbons (Fsp3) is 0.125. The van der Waals surface area contributed by atoms with Crippen molar-refractivity contribution in [1.29, 1.82) is 0 Å². The molecule has 0 radical (unpaired) electrons. The molecule has 2 nitrogen and oxygen atoms in total. The highest BCUT2D eigenvalue weighted by atomic mass is 15.0. The van der Waals surface area contributed by atoms with Crippen molar-refractivity contribution in [3.8, 4) is 44.8 Å². The second-order valence-electron chi connectivity index (χ2n) is 18.1. The van der Waals surface area contributed by atoms with Crippen LogP contribution in [0, 0.1) is 0 Å². The van der Waals surface area contributed by atoms with Crippen LogP contribution in [-0.4, -0.2) is 9.13 Å². The zero-order chi connectivity index (χ0) is 44.1. The van der Waals surface area contributed by atoms with E-state index in [1.54, 1.807) is 0 Å². The van der Waals surface area contributed by atoms with E-state index >= 15 is 0 Å². The minimum Gasteiger partial charge on any atom is -0.309 e. The van der Waals surface area contributed by atoms with Gasteiger partial charge in [0, 0.05) is 32.9 Å². The van der Waals surface area contributed by atoms with Gasteiger partial charge in [0.05, 0.1) is 22.1 Å². The fourth-order valence-corrected chi connectivity index (χ4v) is 10.8. The summed E-state index contributed by atoms with van der Waals surface area (Å²) in [6, 6.07) is 77.2. The molecule has 0 N–H and O–H groups in total. The summed E-state index contributed by atoms with van der Waals surface area (Å²) in [5.41, 5.74) is 17.6. The van der Waals surface area contributed by atoms with Gasteiger partial charge in [0.2, 0.25) is 0 Å². The number of fused-ring (bicyclic) bond motifs is 8. The van der Waals surface area contributed by atoms with Gasteiger partial charge >= 0.3 is 0 Å². The van der Waals surface area contributed by atoms with E-state index in [-0.39, 0.29) is 0 Å². The first-order valence-corrected chi connectivity index (χ1v) is 24.0. The van der Waals surface area contributed by atoms with E-state index < -0.39 is 0 Å². The highest BCUT2D eigenvalue weighted by molar-refractivity contribution is 6.21. The quantitative estimate of drug-likeness (QED) is 0.115. The first-order chi connectivity index (χ1) is 32.7. The molecule has 0 aliphatic rings. The molecule has 10 aromatic carbocycles. The van der Waals surface area contributed by atoms with Crippen LogP contribution in [0.1, 0.15) is 50.7 Å². The van der Waals surface area contributed by atoms with E-state index in [1.165, 1.54) is 141 Å². The van der Waals surface area contributed by atoms with Gasteiger partial charge in [-0.2, -0.15) is 0 Å². The Morgan fingerprint density at radius 1 is 0.288 bits per heavy atom. The molecule has 0 unspecified atom stereocenters. The minimum atomic E-state index is 1.12. The van der Waals surface area contributed by atoms with Crippen molar-refractivity contribution in [3.63, 3.8) is 0 Å². The Morgan fingerprint density at radius 3 is 1.17 bits per heavy atom. The molecule has 0 aliphatic heterocycles. The molecule has 12 aromatic rings. The summed E-state index contributed by atoms with van der Waals surface area (Å²) in [6.07, 6.45) is 7.09. The largest absolute Gasteiger partial charge is 0.309 e. The summed E-state index contributed by atoms with van der Waals surface area (Å²) in [7, 11) is 0. The predicted octanol–water partition coefficient (Wildman–Crippen LogP) is 17.9. The molecule has 2 heteroatoms. The van der Waals surface area contributed by atoms with Crippen LogP contribution >= 0.6 is 0 Å². The van der Waals surface area contributed by atoms with E-state index in [0.29, 0.717) is 0 Å². The number of rotatable bonds is 11. The molecule has 0 aliphatic carbocycles. The number of aromatic nitrogens is 2. The molecule has 2 heterocycles. The van der Waals surface area contributed by atoms with Crippen LogP contribution in [-0.2, 0) is 12.8 Å². The molecule has 2 aromatic heterocycles. The Bertz CT molecular complexity index is 3630. The molecule has 66 heavy (non-hydrogen) atoms. The summed E-state index contributed by atoms with van der Waals surface area (Å²) in [6.45, 7) is 4.55. The van der Waals surface area contributed by atoms with Crippen molar-refractivity contribution in [2.75, 3.05) is 0 Å². The van der Waals surface area contributed by atoms with Gasteiger partial charge in [-0.15, -0.1) is 0 Å². The van der Waals surface area contributed by atoms with E-state index in [1.807, 2.05) is 0 Å². The fourth-order valence-electron chi connectivity index (χ4n) is 10.8. The lowest BCUT2D eigenvalue weighted by atomic mass is 9.86. The lowest BCUT2D eigenvalue weighted by molar-refractivity contribution is 0.795. The van der Waals surface area contributed by atoms with Gasteiger partial charge < -0.3 is 9.13 Å². The molecule has 318 valence electrons. The molecule has 12 rings (SSSR count). The summed E-state index contributed by atoms with van der Waals surface area (Å²) in [5.74, 6) is 0. The minimum absolute atomic E-state index is 1.12. The highest BCUT2D eigenvalue weighted by Gasteiger charge is 2.19. The molecule has 0 saturated carbocycles. The number of para-hydroxylation sites is 1. The Kier molecular flexibility index (Phi) is 10.1. The van der Waals surface area contributed by atoms with Crippen LogP contribution < -0.4 is 0 Å². The van der Waals surface area contributed by atoms with Crippen molar-refractivity contribution < 1.29 is 0 Å². The molecular formula is C64H52N2. The van der Waals surface area contributed by atoms with Crippen molar-refractivity contribution in [1.82, 2.24) is 9.13 Å². The normalized spacial score (nSPS) is 11.8. The van der Waals surface area contributed by atoms with E-state index in [9.17, 15) is 0 Å². The van der Waals surface area contributed by atoms with Crippen LogP contribution in [0.25, 0.3) is 110 Å². The van der Waals surface area contributed by atoms with Crippen LogP contribution in [0.2, 0.25) is 0 Å². The molecule has 0 fully saturated rings. The maximum Gasteiger partial charge on any atom is 0.0541 e. The van der Waals surface area contributed by atoms with Gasteiger partial charge in [-0.05, 0) is 158 Å². The number of hydrogen-bond acceptors (Lipinski definition) is 0. The number of benzene rings is 10. The summed E-state index contributed by atoms with van der Waals surface area (Å²) in [4.78, 5) is 0. The average molecular weight is 849 g/mol. The van der Waals surface area contributed by atoms with E-state index in [0.717, 1.165) is 18.5 Å². The van der Waals surface area contributed by atoms with Gasteiger partial charge in [-0.3, -0.25) is 0 Å². The van der Waals surface area contributed by atoms with Gasteiger partial charge in [-0.25, -0.2) is 0 Å². The Hall–Kier alpha value is -7.68. The van der Waals surface area contributed by atoms with Gasteiger partial charge in [0.25, 0.3) is 0 Å². The standard InChI is InChI=1S/C64H52N2/c1-3-5-16-43-26-37-60-56(40-43)57-41-44(17-6-4-2)27-38-61(57)66(60)49-33-28-45(29-34-49)48-32-39-62-58(42-48)51-20-14-15-25-59(51)65(62)50-35-30-47(31-36-50)64-54-23-12-10-21-52(54)63(46-18-8-7-9-19-46)53-22-11-13-24-55(53)64/h7-15,18-42H,3-6,16-17H2,1-2H3. The van der Waals surface area contributed by atoms with Crippen molar-refractivity contribution in [2.24, 2.45) is 0 Å². The third-order valence-electron chi connectivity index (χ3n) is 14.1. The van der Waals surface area contributed by atoms with Gasteiger partial charge in [-0.1, -0.05) is 166 Å². The van der Waals surface area contributed by atoms with Gasteiger partial charge in [0.1, 0.15) is 0 Å². The molecule has 0 amide bonds. The maximum absolute atomic E-state index is 2.47. The Balaban J connectivity index is 0.922. The smallest absolute Gasteiger partial charge is 0.0541 e. The molecule has 0 bridgehead atoms. The van der Waals surface area contributed by atoms with Crippen molar-refractivity contribution in [2.45, 2.75) is 52.4 Å². The summed E-state index contributed by atoms with van der Waals surface area (Å²) in [5, 5.41) is 10.3. The Morgan fingerprint density at radius 2 is 0.667 bits per heavy atom. The third kappa shape index (κ3) is 6.71. The predicted molar refractivity (Wildman–Crippen MR) is 284 cm³/mol. The zero-order valence-electron chi connectivity index (χ0n) is 37.8. The molecule has 0 atom stereocenters. The number of aryl methyl sites for hydroxylation is 2. The van der Waals surface area contributed by atoms with Crippen molar-refractivity contribution >= 4 is 65.2 Å². The first-order valence-electron chi connectivity index (χ1n) is 24.0. The summed E-state index contributed by atoms with van der Waals surface area (Å²) < 4.78 is 4.90. The SMILES string of the molecule is CCCCc1ccc2c(c1)c1cc(CCCC)ccc1n2-c1ccc(-c2ccc3c(c2)c2ccccc2n3-c2ccc(-c3c4ccccc4c(-c4ccccc4)c4ccccc34)cc2)cc1. The number of unbranched alkanes of at least 4 members (excludes halogenated alkanes) is 2. The number of hydrogen-bond donors (Lipinski definition) is 0. The molecule has 0 spiro atoms. The van der Waals surface area contributed by atoms with Crippen LogP contribution in [0.4, 0.5) is 0 Å². The Labute approximate surface area is 387 Å². The monoisotopic (exact) mass is 848 g/mol. The average Bonchev–Trinajstić information content (AvgIpc) is 3.88. The number of nitrogens with zero attached hydrogens (tertiary/aromatic N) is 2. The van der Waals surface area contributed by atoms with Crippen molar-refractivity contribution in [3.05, 3.63) is 217 Å². The highest BCUT2D eigenvalue weighted by Crippen LogP contribution is 2.44. The topological polar surface area (TPSA) is 9.86 Å². The maximum atomic E-state index is 2.47. The van der Waals surface area contributed by atoms with E-state index in [4.69, 9.17) is 0 Å².